The summed E-state index contributed by atoms with van der Waals surface area (Å²) in [5.74, 6) is -0.369. The zero-order valence-electron chi connectivity index (χ0n) is 18.9. The fourth-order valence-electron chi connectivity index (χ4n) is 3.98. The highest BCUT2D eigenvalue weighted by Crippen LogP contribution is 2.23. The predicted octanol–water partition coefficient (Wildman–Crippen LogP) is 3.53. The number of rotatable bonds is 8. The van der Waals surface area contributed by atoms with Gasteiger partial charge >= 0.3 is 0 Å². The summed E-state index contributed by atoms with van der Waals surface area (Å²) in [6.07, 6.45) is 4.99. The first-order valence-electron chi connectivity index (χ1n) is 11.1. The molecule has 0 radical (unpaired) electrons. The van der Waals surface area contributed by atoms with Gasteiger partial charge in [-0.05, 0) is 43.2 Å². The van der Waals surface area contributed by atoms with Crippen LogP contribution in [0.5, 0.6) is 5.75 Å². The van der Waals surface area contributed by atoms with E-state index in [2.05, 4.69) is 10.4 Å². The van der Waals surface area contributed by atoms with Crippen molar-refractivity contribution in [1.29, 1.82) is 0 Å². The van der Waals surface area contributed by atoms with Gasteiger partial charge in [0, 0.05) is 31.7 Å². The second-order valence-electron chi connectivity index (χ2n) is 8.21. The van der Waals surface area contributed by atoms with Crippen LogP contribution in [0.3, 0.4) is 0 Å². The van der Waals surface area contributed by atoms with Gasteiger partial charge in [-0.1, -0.05) is 18.2 Å². The lowest BCUT2D eigenvalue weighted by Gasteiger charge is -2.32. The van der Waals surface area contributed by atoms with Gasteiger partial charge in [0.2, 0.25) is 5.91 Å². The predicted molar refractivity (Wildman–Crippen MR) is 125 cm³/mol. The molecule has 1 aliphatic heterocycles. The number of benzene rings is 2. The van der Waals surface area contributed by atoms with E-state index in [1.807, 2.05) is 11.0 Å². The van der Waals surface area contributed by atoms with Crippen molar-refractivity contribution in [3.8, 4) is 11.4 Å². The van der Waals surface area contributed by atoms with Crippen LogP contribution in [-0.2, 0) is 9.53 Å². The third-order valence-electron chi connectivity index (χ3n) is 5.62. The van der Waals surface area contributed by atoms with Gasteiger partial charge in [0.1, 0.15) is 6.61 Å². The van der Waals surface area contributed by atoms with Gasteiger partial charge in [-0.2, -0.15) is 5.10 Å². The van der Waals surface area contributed by atoms with Crippen molar-refractivity contribution in [2.75, 3.05) is 38.7 Å². The van der Waals surface area contributed by atoms with E-state index in [-0.39, 0.29) is 35.9 Å². The molecule has 0 saturated carbocycles. The molecule has 2 aromatic carbocycles. The standard InChI is InChI=1S/C25H27FN4O4/c1-33-17-24(31)28-20-13-27-30(15-20)21-8-4-7-19(12-21)25(32)29-11-5-6-18(14-29)16-34-23-10-3-2-9-22(23)26/h2-4,7-10,12-13,15,18H,5-6,11,14,16-17H2,1H3,(H,28,31)/t18-/m0/s1. The van der Waals surface area contributed by atoms with Gasteiger partial charge in [0.05, 0.1) is 30.4 Å². The maximum atomic E-state index is 13.8. The molecule has 4 rings (SSSR count). The van der Waals surface area contributed by atoms with Crippen molar-refractivity contribution in [1.82, 2.24) is 14.7 Å². The summed E-state index contributed by atoms with van der Waals surface area (Å²) < 4.78 is 25.9. The Labute approximate surface area is 197 Å². The van der Waals surface area contributed by atoms with Crippen molar-refractivity contribution in [3.63, 3.8) is 0 Å². The maximum Gasteiger partial charge on any atom is 0.253 e. The molecular weight excluding hydrogens is 439 g/mol. The lowest BCUT2D eigenvalue weighted by molar-refractivity contribution is -0.119. The number of hydrogen-bond acceptors (Lipinski definition) is 5. The molecule has 1 aliphatic rings. The van der Waals surface area contributed by atoms with Gasteiger partial charge in [0.15, 0.2) is 11.6 Å². The molecule has 1 fully saturated rings. The molecular formula is C25H27FN4O4. The number of likely N-dealkylation sites (tertiary alicyclic amines) is 1. The van der Waals surface area contributed by atoms with Crippen LogP contribution in [0, 0.1) is 11.7 Å². The monoisotopic (exact) mass is 466 g/mol. The number of para-hydroxylation sites is 1. The molecule has 1 N–H and O–H groups in total. The van der Waals surface area contributed by atoms with E-state index in [1.54, 1.807) is 47.3 Å². The Bertz CT molecular complexity index is 1150. The number of methoxy groups -OCH3 is 1. The average molecular weight is 467 g/mol. The minimum Gasteiger partial charge on any atom is -0.490 e. The first-order valence-corrected chi connectivity index (χ1v) is 11.1. The highest BCUT2D eigenvalue weighted by Gasteiger charge is 2.25. The van der Waals surface area contributed by atoms with Crippen molar-refractivity contribution < 1.29 is 23.5 Å². The molecule has 8 nitrogen and oxygen atoms in total. The lowest BCUT2D eigenvalue weighted by atomic mass is 9.98. The quantitative estimate of drug-likeness (QED) is 0.549. The molecule has 0 aliphatic carbocycles. The van der Waals surface area contributed by atoms with Crippen molar-refractivity contribution >= 4 is 17.5 Å². The van der Waals surface area contributed by atoms with Gasteiger partial charge in [0.25, 0.3) is 5.91 Å². The van der Waals surface area contributed by atoms with Crippen LogP contribution in [0.1, 0.15) is 23.2 Å². The van der Waals surface area contributed by atoms with E-state index in [1.165, 1.54) is 19.4 Å². The zero-order chi connectivity index (χ0) is 23.9. The topological polar surface area (TPSA) is 85.7 Å². The summed E-state index contributed by atoms with van der Waals surface area (Å²) in [5, 5.41) is 6.97. The highest BCUT2D eigenvalue weighted by atomic mass is 19.1. The Morgan fingerprint density at radius 2 is 2.06 bits per heavy atom. The summed E-state index contributed by atoms with van der Waals surface area (Å²) in [5.41, 5.74) is 1.79. The number of amides is 2. The molecule has 2 heterocycles. The van der Waals surface area contributed by atoms with E-state index in [4.69, 9.17) is 9.47 Å². The first kappa shape index (κ1) is 23.4. The van der Waals surface area contributed by atoms with Gasteiger partial charge < -0.3 is 19.7 Å². The van der Waals surface area contributed by atoms with Gasteiger partial charge in [-0.15, -0.1) is 0 Å². The molecule has 1 aromatic heterocycles. The van der Waals surface area contributed by atoms with Gasteiger partial charge in [-0.3, -0.25) is 9.59 Å². The number of nitrogens with zero attached hydrogens (tertiary/aromatic N) is 3. The van der Waals surface area contributed by atoms with E-state index >= 15 is 0 Å². The molecule has 2 amide bonds. The summed E-state index contributed by atoms with van der Waals surface area (Å²) in [6.45, 7) is 1.53. The van der Waals surface area contributed by atoms with Crippen LogP contribution in [0.4, 0.5) is 10.1 Å². The highest BCUT2D eigenvalue weighted by molar-refractivity contribution is 5.95. The van der Waals surface area contributed by atoms with E-state index in [0.29, 0.717) is 36.6 Å². The number of hydrogen-bond donors (Lipinski definition) is 1. The molecule has 1 saturated heterocycles. The average Bonchev–Trinajstić information content (AvgIpc) is 3.32. The van der Waals surface area contributed by atoms with E-state index < -0.39 is 0 Å². The molecule has 3 aromatic rings. The fourth-order valence-corrected chi connectivity index (χ4v) is 3.98. The Balaban J connectivity index is 1.39. The van der Waals surface area contributed by atoms with Crippen LogP contribution >= 0.6 is 0 Å². The Morgan fingerprint density at radius 3 is 2.88 bits per heavy atom. The molecule has 9 heteroatoms. The second kappa shape index (κ2) is 10.9. The van der Waals surface area contributed by atoms with Gasteiger partial charge in [-0.25, -0.2) is 9.07 Å². The van der Waals surface area contributed by atoms with E-state index in [0.717, 1.165) is 12.8 Å². The minimum atomic E-state index is -0.386. The summed E-state index contributed by atoms with van der Waals surface area (Å²) in [7, 11) is 1.45. The summed E-state index contributed by atoms with van der Waals surface area (Å²) in [6, 6.07) is 13.5. The zero-order valence-corrected chi connectivity index (χ0v) is 18.9. The molecule has 0 spiro atoms. The van der Waals surface area contributed by atoms with Crippen LogP contribution in [-0.4, -0.2) is 59.9 Å². The number of piperidine rings is 1. The summed E-state index contributed by atoms with van der Waals surface area (Å²) in [4.78, 5) is 26.7. The fraction of sp³-hybridized carbons (Fsp3) is 0.320. The SMILES string of the molecule is COCC(=O)Nc1cnn(-c2cccc(C(=O)N3CCC[C@H](COc4ccccc4F)C3)c2)c1. The second-order valence-corrected chi connectivity index (χ2v) is 8.21. The van der Waals surface area contributed by atoms with Crippen LogP contribution in [0.2, 0.25) is 0 Å². The molecule has 34 heavy (non-hydrogen) atoms. The maximum absolute atomic E-state index is 13.8. The Hall–Kier alpha value is -3.72. The van der Waals surface area contributed by atoms with Crippen molar-refractivity contribution in [2.24, 2.45) is 5.92 Å². The number of ether oxygens (including phenoxy) is 2. The number of halogens is 1. The van der Waals surface area contributed by atoms with E-state index in [9.17, 15) is 14.0 Å². The smallest absolute Gasteiger partial charge is 0.253 e. The number of carbonyl (C=O) groups excluding carboxylic acids is 2. The number of carbonyl (C=O) groups is 2. The number of anilines is 1. The Kier molecular flexibility index (Phi) is 7.54. The van der Waals surface area contributed by atoms with Crippen molar-refractivity contribution in [3.05, 3.63) is 72.3 Å². The molecule has 178 valence electrons. The molecule has 0 unspecified atom stereocenters. The molecule has 0 bridgehead atoms. The van der Waals surface area contributed by atoms with Crippen molar-refractivity contribution in [2.45, 2.75) is 12.8 Å². The first-order chi connectivity index (χ1) is 16.5. The normalized spacial score (nSPS) is 15.7. The summed E-state index contributed by atoms with van der Waals surface area (Å²) >= 11 is 0. The number of aromatic nitrogens is 2. The number of nitrogens with one attached hydrogen (secondary N) is 1. The van der Waals surface area contributed by atoms with Crippen LogP contribution in [0.15, 0.2) is 60.9 Å². The van der Waals surface area contributed by atoms with Crippen LogP contribution in [0.25, 0.3) is 5.69 Å². The van der Waals surface area contributed by atoms with Crippen LogP contribution < -0.4 is 10.1 Å². The minimum absolute atomic E-state index is 0.0443. The Morgan fingerprint density at radius 1 is 1.21 bits per heavy atom. The molecule has 1 atom stereocenters. The largest absolute Gasteiger partial charge is 0.490 e. The lowest BCUT2D eigenvalue weighted by Crippen LogP contribution is -2.41. The third-order valence-corrected chi connectivity index (χ3v) is 5.62. The third kappa shape index (κ3) is 5.79.